The van der Waals surface area contributed by atoms with Gasteiger partial charge in [0.05, 0.1) is 11.0 Å². The SMILES string of the molecule is CN(Cc1ccc(F)cc1)c1nc2ccccc2nc1N. The number of benzene rings is 2. The lowest BCUT2D eigenvalue weighted by molar-refractivity contribution is 0.627. The topological polar surface area (TPSA) is 55.0 Å². The van der Waals surface area contributed by atoms with Crippen molar-refractivity contribution in [3.05, 3.63) is 59.9 Å². The van der Waals surface area contributed by atoms with Crippen LogP contribution in [0.25, 0.3) is 11.0 Å². The summed E-state index contributed by atoms with van der Waals surface area (Å²) in [5.41, 5.74) is 8.54. The Bertz CT molecular complexity index is 771. The maximum Gasteiger partial charge on any atom is 0.172 e. The lowest BCUT2D eigenvalue weighted by Gasteiger charge is -2.19. The normalized spacial score (nSPS) is 10.8. The van der Waals surface area contributed by atoms with E-state index in [-0.39, 0.29) is 5.82 Å². The molecular formula is C16H15FN4. The van der Waals surface area contributed by atoms with Crippen molar-refractivity contribution < 1.29 is 4.39 Å². The highest BCUT2D eigenvalue weighted by molar-refractivity contribution is 5.79. The molecule has 0 unspecified atom stereocenters. The zero-order valence-electron chi connectivity index (χ0n) is 11.6. The number of nitrogens with two attached hydrogens (primary N) is 1. The van der Waals surface area contributed by atoms with Gasteiger partial charge in [-0.05, 0) is 29.8 Å². The van der Waals surface area contributed by atoms with Gasteiger partial charge in [0.15, 0.2) is 11.6 Å². The number of nitrogen functional groups attached to an aromatic ring is 1. The van der Waals surface area contributed by atoms with Crippen LogP contribution in [0.2, 0.25) is 0 Å². The number of aromatic nitrogens is 2. The molecule has 0 aliphatic carbocycles. The molecule has 1 heterocycles. The van der Waals surface area contributed by atoms with Crippen molar-refractivity contribution in [3.8, 4) is 0 Å². The highest BCUT2D eigenvalue weighted by Gasteiger charge is 2.11. The molecule has 5 heteroatoms. The molecule has 106 valence electrons. The third kappa shape index (κ3) is 2.76. The maximum atomic E-state index is 12.9. The molecule has 0 bridgehead atoms. The van der Waals surface area contributed by atoms with E-state index in [4.69, 9.17) is 5.73 Å². The van der Waals surface area contributed by atoms with E-state index in [1.165, 1.54) is 12.1 Å². The molecule has 0 aliphatic heterocycles. The van der Waals surface area contributed by atoms with E-state index in [1.807, 2.05) is 36.2 Å². The van der Waals surface area contributed by atoms with Crippen LogP contribution in [0.4, 0.5) is 16.0 Å². The Labute approximate surface area is 122 Å². The molecule has 21 heavy (non-hydrogen) atoms. The van der Waals surface area contributed by atoms with Crippen molar-refractivity contribution in [2.75, 3.05) is 17.7 Å². The summed E-state index contributed by atoms with van der Waals surface area (Å²) in [4.78, 5) is 10.8. The summed E-state index contributed by atoms with van der Waals surface area (Å²) >= 11 is 0. The molecule has 2 aromatic carbocycles. The lowest BCUT2D eigenvalue weighted by atomic mass is 10.2. The van der Waals surface area contributed by atoms with Gasteiger partial charge in [0.2, 0.25) is 0 Å². The van der Waals surface area contributed by atoms with Crippen LogP contribution < -0.4 is 10.6 Å². The zero-order valence-corrected chi connectivity index (χ0v) is 11.6. The standard InChI is InChI=1S/C16H15FN4/c1-21(10-11-6-8-12(17)9-7-11)16-15(18)19-13-4-2-3-5-14(13)20-16/h2-9H,10H2,1H3,(H2,18,19). The van der Waals surface area contributed by atoms with E-state index in [0.29, 0.717) is 18.2 Å². The molecule has 3 rings (SSSR count). The van der Waals surface area contributed by atoms with Gasteiger partial charge < -0.3 is 10.6 Å². The van der Waals surface area contributed by atoms with Gasteiger partial charge in [0.1, 0.15) is 5.82 Å². The fourth-order valence-electron chi connectivity index (χ4n) is 2.22. The van der Waals surface area contributed by atoms with Gasteiger partial charge in [-0.2, -0.15) is 0 Å². The fraction of sp³-hybridized carbons (Fsp3) is 0.125. The van der Waals surface area contributed by atoms with E-state index in [9.17, 15) is 4.39 Å². The second kappa shape index (κ2) is 5.36. The molecule has 0 spiro atoms. The summed E-state index contributed by atoms with van der Waals surface area (Å²) in [6, 6.07) is 14.0. The van der Waals surface area contributed by atoms with Gasteiger partial charge in [-0.1, -0.05) is 24.3 Å². The van der Waals surface area contributed by atoms with Crippen molar-refractivity contribution in [1.29, 1.82) is 0 Å². The number of fused-ring (bicyclic) bond motifs is 1. The third-order valence-electron chi connectivity index (χ3n) is 3.27. The van der Waals surface area contributed by atoms with Gasteiger partial charge in [-0.3, -0.25) is 0 Å². The Hall–Kier alpha value is -2.69. The molecule has 0 fully saturated rings. The van der Waals surface area contributed by atoms with Crippen molar-refractivity contribution >= 4 is 22.7 Å². The number of anilines is 2. The van der Waals surface area contributed by atoms with Gasteiger partial charge in [-0.25, -0.2) is 14.4 Å². The van der Waals surface area contributed by atoms with Crippen molar-refractivity contribution in [2.45, 2.75) is 6.54 Å². The molecule has 3 aromatic rings. The zero-order chi connectivity index (χ0) is 14.8. The van der Waals surface area contributed by atoms with Crippen LogP contribution in [-0.4, -0.2) is 17.0 Å². The fourth-order valence-corrected chi connectivity index (χ4v) is 2.22. The molecule has 0 saturated carbocycles. The molecule has 0 atom stereocenters. The first-order valence-electron chi connectivity index (χ1n) is 6.61. The van der Waals surface area contributed by atoms with Gasteiger partial charge in [-0.15, -0.1) is 0 Å². The number of halogens is 1. The average molecular weight is 282 g/mol. The van der Waals surface area contributed by atoms with E-state index in [2.05, 4.69) is 9.97 Å². The Morgan fingerprint density at radius 1 is 1.00 bits per heavy atom. The number of para-hydroxylation sites is 2. The van der Waals surface area contributed by atoms with Crippen molar-refractivity contribution in [3.63, 3.8) is 0 Å². The summed E-state index contributed by atoms with van der Waals surface area (Å²) < 4.78 is 12.9. The summed E-state index contributed by atoms with van der Waals surface area (Å²) in [5.74, 6) is 0.766. The van der Waals surface area contributed by atoms with Crippen LogP contribution >= 0.6 is 0 Å². The number of nitrogens with zero attached hydrogens (tertiary/aromatic N) is 3. The summed E-state index contributed by atoms with van der Waals surface area (Å²) in [5, 5.41) is 0. The second-order valence-corrected chi connectivity index (χ2v) is 4.90. The van der Waals surface area contributed by atoms with E-state index in [0.717, 1.165) is 16.6 Å². The molecule has 1 aromatic heterocycles. The number of rotatable bonds is 3. The minimum absolute atomic E-state index is 0.244. The third-order valence-corrected chi connectivity index (χ3v) is 3.27. The lowest BCUT2D eigenvalue weighted by Crippen LogP contribution is -2.20. The predicted molar refractivity (Wildman–Crippen MR) is 82.5 cm³/mol. The molecule has 2 N–H and O–H groups in total. The average Bonchev–Trinajstić information content (AvgIpc) is 2.49. The minimum atomic E-state index is -0.244. The van der Waals surface area contributed by atoms with Gasteiger partial charge >= 0.3 is 0 Å². The van der Waals surface area contributed by atoms with Crippen LogP contribution in [-0.2, 0) is 6.54 Å². The maximum absolute atomic E-state index is 12.9. The quantitative estimate of drug-likeness (QED) is 0.802. The van der Waals surface area contributed by atoms with Gasteiger partial charge in [0.25, 0.3) is 0 Å². The van der Waals surface area contributed by atoms with Crippen LogP contribution in [0.15, 0.2) is 48.5 Å². The molecule has 0 aliphatic rings. The van der Waals surface area contributed by atoms with Crippen molar-refractivity contribution in [2.24, 2.45) is 0 Å². The summed E-state index contributed by atoms with van der Waals surface area (Å²) in [7, 11) is 1.89. The monoisotopic (exact) mass is 282 g/mol. The Kier molecular flexibility index (Phi) is 3.39. The molecule has 4 nitrogen and oxygen atoms in total. The first kappa shape index (κ1) is 13.3. The van der Waals surface area contributed by atoms with E-state index >= 15 is 0 Å². The smallest absolute Gasteiger partial charge is 0.172 e. The van der Waals surface area contributed by atoms with Crippen LogP contribution in [0.5, 0.6) is 0 Å². The minimum Gasteiger partial charge on any atom is -0.381 e. The Balaban J connectivity index is 1.91. The van der Waals surface area contributed by atoms with Gasteiger partial charge in [0, 0.05) is 13.6 Å². The van der Waals surface area contributed by atoms with E-state index in [1.54, 1.807) is 12.1 Å². The number of hydrogen-bond donors (Lipinski definition) is 1. The van der Waals surface area contributed by atoms with Crippen LogP contribution in [0, 0.1) is 5.82 Å². The van der Waals surface area contributed by atoms with Crippen LogP contribution in [0.1, 0.15) is 5.56 Å². The Morgan fingerprint density at radius 2 is 1.62 bits per heavy atom. The predicted octanol–water partition coefficient (Wildman–Crippen LogP) is 2.99. The highest BCUT2D eigenvalue weighted by Crippen LogP contribution is 2.22. The molecule has 0 amide bonds. The Morgan fingerprint density at radius 3 is 2.29 bits per heavy atom. The van der Waals surface area contributed by atoms with Crippen molar-refractivity contribution in [1.82, 2.24) is 9.97 Å². The highest BCUT2D eigenvalue weighted by atomic mass is 19.1. The second-order valence-electron chi connectivity index (χ2n) is 4.90. The molecule has 0 radical (unpaired) electrons. The first-order chi connectivity index (χ1) is 10.1. The molecule has 0 saturated heterocycles. The summed E-state index contributed by atoms with van der Waals surface area (Å²) in [6.45, 7) is 0.581. The van der Waals surface area contributed by atoms with Crippen LogP contribution in [0.3, 0.4) is 0 Å². The van der Waals surface area contributed by atoms with E-state index < -0.39 is 0 Å². The largest absolute Gasteiger partial charge is 0.381 e. The number of hydrogen-bond acceptors (Lipinski definition) is 4. The first-order valence-corrected chi connectivity index (χ1v) is 6.61. The molecular weight excluding hydrogens is 267 g/mol. The summed E-state index contributed by atoms with van der Waals surface area (Å²) in [6.07, 6.45) is 0.